The number of aromatic nitrogens is 3. The highest BCUT2D eigenvalue weighted by molar-refractivity contribution is 6.90. The maximum atomic E-state index is 17.5. The third kappa shape index (κ3) is 6.38. The van der Waals surface area contributed by atoms with Gasteiger partial charge in [-0.25, -0.2) is 18.2 Å². The average molecular weight is 774 g/mol. The van der Waals surface area contributed by atoms with Gasteiger partial charge in [-0.05, 0) is 59.6 Å². The number of rotatable bonds is 7. The van der Waals surface area contributed by atoms with Crippen LogP contribution in [0.15, 0.2) is 24.3 Å². The van der Waals surface area contributed by atoms with Crippen molar-refractivity contribution in [3.05, 3.63) is 41.5 Å². The molecule has 9 nitrogen and oxygen atoms in total. The Hall–Kier alpha value is -4.12. The van der Waals surface area contributed by atoms with Gasteiger partial charge in [0.05, 0.1) is 37.0 Å². The Kier molecular flexibility index (Phi) is 9.91. The highest BCUT2D eigenvalue weighted by Gasteiger charge is 2.49. The lowest BCUT2D eigenvalue weighted by Crippen LogP contribution is -2.47. The first-order chi connectivity index (χ1) is 26.3. The van der Waals surface area contributed by atoms with Gasteiger partial charge in [0.2, 0.25) is 5.88 Å². The van der Waals surface area contributed by atoms with Crippen LogP contribution >= 0.6 is 0 Å². The Balaban J connectivity index is 1.34. The number of benzene rings is 2. The van der Waals surface area contributed by atoms with Crippen LogP contribution < -0.4 is 14.4 Å². The summed E-state index contributed by atoms with van der Waals surface area (Å²) in [6, 6.07) is 5.71. The number of pyridine rings is 1. The molecule has 4 aromatic rings. The third-order valence-electron chi connectivity index (χ3n) is 12.7. The number of fused-ring (bicyclic) bond motifs is 4. The molecule has 0 amide bonds. The van der Waals surface area contributed by atoms with Gasteiger partial charge in [-0.2, -0.15) is 9.97 Å². The second-order valence-electron chi connectivity index (χ2n) is 16.7. The van der Waals surface area contributed by atoms with Crippen molar-refractivity contribution in [2.45, 2.75) is 102 Å². The number of nitrogens with zero attached hydrogens (tertiary/aromatic N) is 5. The molecule has 0 saturated carbocycles. The van der Waals surface area contributed by atoms with Crippen LogP contribution in [-0.4, -0.2) is 96.8 Å². The SMILES string of the molecule is CC(C)[Si](C#Cc1c(F)ccc2cc(O)cc(-c3nc4c5c(nc(OC[C@@]67CCCN6C[C@H](F)C7)nc5c3F)N3CCOCC3CCO4)c12)(C(C)C)C(C)C. The number of morpholine rings is 1. The van der Waals surface area contributed by atoms with Crippen LogP contribution in [0.25, 0.3) is 32.9 Å². The van der Waals surface area contributed by atoms with Crippen LogP contribution in [0.4, 0.5) is 19.0 Å². The van der Waals surface area contributed by atoms with Crippen LogP contribution in [0.5, 0.6) is 17.6 Å². The second kappa shape index (κ2) is 14.4. The minimum atomic E-state index is -2.31. The molecule has 1 unspecified atom stereocenters. The zero-order valence-corrected chi connectivity index (χ0v) is 33.5. The van der Waals surface area contributed by atoms with E-state index < -0.39 is 31.4 Å². The molecule has 3 saturated heterocycles. The molecule has 2 aromatic carbocycles. The number of hydrogen-bond donors (Lipinski definition) is 1. The van der Waals surface area contributed by atoms with Crippen molar-refractivity contribution in [2.24, 2.45) is 0 Å². The fourth-order valence-corrected chi connectivity index (χ4v) is 15.3. The summed E-state index contributed by atoms with van der Waals surface area (Å²) in [4.78, 5) is 18.6. The van der Waals surface area contributed by atoms with Crippen LogP contribution in [-0.2, 0) is 4.74 Å². The summed E-state index contributed by atoms with van der Waals surface area (Å²) in [7, 11) is -2.31. The van der Waals surface area contributed by atoms with Gasteiger partial charge in [-0.3, -0.25) is 4.90 Å². The van der Waals surface area contributed by atoms with E-state index in [1.807, 2.05) is 0 Å². The van der Waals surface area contributed by atoms with Crippen molar-refractivity contribution in [1.29, 1.82) is 0 Å². The van der Waals surface area contributed by atoms with Gasteiger partial charge in [0.25, 0.3) is 0 Å². The van der Waals surface area contributed by atoms with E-state index in [4.69, 9.17) is 24.2 Å². The number of ether oxygens (including phenoxy) is 3. The number of phenols is 1. The fraction of sp³-hybridized carbons (Fsp3) is 0.548. The fourth-order valence-electron chi connectivity index (χ4n) is 10.1. The first-order valence-electron chi connectivity index (χ1n) is 19.7. The summed E-state index contributed by atoms with van der Waals surface area (Å²) in [5, 5.41) is 12.1. The lowest BCUT2D eigenvalue weighted by Gasteiger charge is -2.38. The highest BCUT2D eigenvalue weighted by Crippen LogP contribution is 2.45. The largest absolute Gasteiger partial charge is 0.508 e. The molecule has 2 aromatic heterocycles. The van der Waals surface area contributed by atoms with Crippen LogP contribution in [0, 0.1) is 23.1 Å². The zero-order valence-electron chi connectivity index (χ0n) is 32.5. The third-order valence-corrected chi connectivity index (χ3v) is 19.0. The Bertz CT molecular complexity index is 2190. The van der Waals surface area contributed by atoms with Gasteiger partial charge in [0, 0.05) is 36.9 Å². The number of hydrogen-bond acceptors (Lipinski definition) is 9. The van der Waals surface area contributed by atoms with Gasteiger partial charge in [0.1, 0.15) is 54.8 Å². The average Bonchev–Trinajstić information content (AvgIpc) is 3.66. The monoisotopic (exact) mass is 773 g/mol. The first kappa shape index (κ1) is 37.8. The van der Waals surface area contributed by atoms with E-state index in [-0.39, 0.29) is 59.2 Å². The van der Waals surface area contributed by atoms with Crippen molar-refractivity contribution < 1.29 is 32.5 Å². The van der Waals surface area contributed by atoms with E-state index in [1.54, 1.807) is 6.07 Å². The Morgan fingerprint density at radius 3 is 2.56 bits per heavy atom. The molecule has 0 radical (unpaired) electrons. The van der Waals surface area contributed by atoms with Gasteiger partial charge in [-0.1, -0.05) is 53.5 Å². The van der Waals surface area contributed by atoms with E-state index in [2.05, 4.69) is 67.8 Å². The quantitative estimate of drug-likeness (QED) is 0.147. The lowest BCUT2D eigenvalue weighted by molar-refractivity contribution is 0.0846. The van der Waals surface area contributed by atoms with E-state index >= 15 is 8.78 Å². The molecule has 6 heterocycles. The van der Waals surface area contributed by atoms with E-state index in [1.165, 1.54) is 18.2 Å². The molecule has 0 bridgehead atoms. The smallest absolute Gasteiger partial charge is 0.319 e. The summed E-state index contributed by atoms with van der Waals surface area (Å²) >= 11 is 0. The van der Waals surface area contributed by atoms with Crippen LogP contribution in [0.3, 0.4) is 0 Å². The molecule has 0 spiro atoms. The van der Waals surface area contributed by atoms with Gasteiger partial charge < -0.3 is 24.2 Å². The summed E-state index contributed by atoms with van der Waals surface area (Å²) < 4.78 is 66.8. The molecule has 55 heavy (non-hydrogen) atoms. The second-order valence-corrected chi connectivity index (χ2v) is 22.3. The number of aromatic hydroxyl groups is 1. The van der Waals surface area contributed by atoms with E-state index in [0.717, 1.165) is 19.4 Å². The van der Waals surface area contributed by atoms with Crippen molar-refractivity contribution in [2.75, 3.05) is 51.0 Å². The lowest BCUT2D eigenvalue weighted by atomic mass is 9.95. The van der Waals surface area contributed by atoms with Gasteiger partial charge >= 0.3 is 6.01 Å². The molecule has 3 atom stereocenters. The minimum Gasteiger partial charge on any atom is -0.508 e. The summed E-state index contributed by atoms with van der Waals surface area (Å²) in [6.07, 6.45) is 1.76. The number of halogens is 3. The van der Waals surface area contributed by atoms with Crippen molar-refractivity contribution in [3.8, 4) is 40.4 Å². The molecule has 0 aliphatic carbocycles. The standard InChI is InChI=1S/C42H50F3N5O4Si/c1-24(2)55(25(3)4,26(5)6)17-11-31-33(44)9-8-27-18-30(51)19-32(34(27)31)37-36(45)38-35-39(50-14-16-52-22-29(50)10-15-53-40(35)46-37)48-41(47-38)54-23-42-12-7-13-49(42)21-28(43)20-42/h8-9,18-19,24-26,28-29,51H,7,10,12-16,20-23H2,1-6H3/t28-,29?,42+/m1/s1. The molecule has 13 heteroatoms. The summed E-state index contributed by atoms with van der Waals surface area (Å²) in [5.41, 5.74) is 4.13. The molecule has 4 aliphatic heterocycles. The highest BCUT2D eigenvalue weighted by atomic mass is 28.3. The summed E-state index contributed by atoms with van der Waals surface area (Å²) in [6.45, 7) is 16.2. The molecular weight excluding hydrogens is 724 g/mol. The van der Waals surface area contributed by atoms with Crippen molar-refractivity contribution in [1.82, 2.24) is 19.9 Å². The normalized spacial score (nSPS) is 22.8. The Morgan fingerprint density at radius 2 is 1.80 bits per heavy atom. The zero-order chi connectivity index (χ0) is 38.8. The van der Waals surface area contributed by atoms with E-state index in [9.17, 15) is 9.50 Å². The maximum Gasteiger partial charge on any atom is 0.319 e. The molecular formula is C42H50F3N5O4Si. The Labute approximate surface area is 321 Å². The molecule has 3 fully saturated rings. The molecule has 1 N–H and O–H groups in total. The van der Waals surface area contributed by atoms with Crippen molar-refractivity contribution in [3.63, 3.8) is 0 Å². The number of anilines is 1. The molecule has 4 aliphatic rings. The van der Waals surface area contributed by atoms with Gasteiger partial charge in [-0.15, -0.1) is 5.54 Å². The predicted octanol–water partition coefficient (Wildman–Crippen LogP) is 8.34. The molecule has 292 valence electrons. The van der Waals surface area contributed by atoms with Crippen LogP contribution in [0.1, 0.15) is 72.8 Å². The van der Waals surface area contributed by atoms with Crippen molar-refractivity contribution >= 4 is 35.6 Å². The minimum absolute atomic E-state index is 0.0328. The number of phenolic OH excluding ortho intramolecular Hbond substituents is 1. The maximum absolute atomic E-state index is 17.5. The predicted molar refractivity (Wildman–Crippen MR) is 210 cm³/mol. The Morgan fingerprint density at radius 1 is 1.02 bits per heavy atom. The first-order valence-corrected chi connectivity index (χ1v) is 21.9. The topological polar surface area (TPSA) is 93.1 Å². The number of alkyl halides is 1. The van der Waals surface area contributed by atoms with Gasteiger partial charge in [0.15, 0.2) is 5.82 Å². The van der Waals surface area contributed by atoms with E-state index in [0.29, 0.717) is 77.7 Å². The summed E-state index contributed by atoms with van der Waals surface area (Å²) in [5.74, 6) is 2.35. The van der Waals surface area contributed by atoms with Crippen LogP contribution in [0.2, 0.25) is 16.6 Å². The molecule has 8 rings (SSSR count).